The number of ether oxygens (including phenoxy) is 1. The number of nitrogens with zero attached hydrogens (tertiary/aromatic N) is 3. The van der Waals surface area contributed by atoms with Crippen LogP contribution < -0.4 is 0 Å². The minimum absolute atomic E-state index is 0.0328. The van der Waals surface area contributed by atoms with Crippen molar-refractivity contribution >= 4 is 6.09 Å². The van der Waals surface area contributed by atoms with Crippen molar-refractivity contribution in [3.63, 3.8) is 0 Å². The van der Waals surface area contributed by atoms with E-state index in [1.165, 1.54) is 17.2 Å². The Bertz CT molecular complexity index is 482. The predicted octanol–water partition coefficient (Wildman–Crippen LogP) is 0.784. The van der Waals surface area contributed by atoms with E-state index in [9.17, 15) is 9.18 Å². The van der Waals surface area contributed by atoms with Crippen LogP contribution in [0.4, 0.5) is 9.18 Å². The van der Waals surface area contributed by atoms with Gasteiger partial charge < -0.3 is 14.7 Å². The SMILES string of the molecule is O=C(O)N1C[C@H]2COC[C@@H](C1)N2Cc1ccc(F)cn1. The molecule has 0 saturated carbocycles. The van der Waals surface area contributed by atoms with Crippen LogP contribution in [-0.4, -0.2) is 64.4 Å². The molecule has 3 heterocycles. The van der Waals surface area contributed by atoms with Crippen LogP contribution in [0.5, 0.6) is 0 Å². The molecule has 1 aromatic heterocycles. The molecule has 3 rings (SSSR count). The number of hydrogen-bond acceptors (Lipinski definition) is 4. The fourth-order valence-electron chi connectivity index (χ4n) is 2.83. The van der Waals surface area contributed by atoms with Gasteiger partial charge in [0.1, 0.15) is 5.82 Å². The molecule has 7 heteroatoms. The summed E-state index contributed by atoms with van der Waals surface area (Å²) in [7, 11) is 0. The van der Waals surface area contributed by atoms with Crippen LogP contribution in [0.2, 0.25) is 0 Å². The Labute approximate surface area is 115 Å². The molecule has 0 spiro atoms. The fourth-order valence-corrected chi connectivity index (χ4v) is 2.83. The van der Waals surface area contributed by atoms with E-state index in [1.54, 1.807) is 6.07 Å². The van der Waals surface area contributed by atoms with Crippen LogP contribution in [-0.2, 0) is 11.3 Å². The van der Waals surface area contributed by atoms with E-state index in [4.69, 9.17) is 9.84 Å². The van der Waals surface area contributed by atoms with Crippen molar-refractivity contribution in [2.75, 3.05) is 26.3 Å². The second kappa shape index (κ2) is 5.34. The van der Waals surface area contributed by atoms with E-state index < -0.39 is 6.09 Å². The largest absolute Gasteiger partial charge is 0.465 e. The normalized spacial score (nSPS) is 26.6. The summed E-state index contributed by atoms with van der Waals surface area (Å²) in [5, 5.41) is 9.11. The van der Waals surface area contributed by atoms with E-state index in [2.05, 4.69) is 9.88 Å². The van der Waals surface area contributed by atoms with E-state index in [0.29, 0.717) is 32.8 Å². The average Bonchev–Trinajstić information content (AvgIpc) is 2.40. The molecule has 0 radical (unpaired) electrons. The summed E-state index contributed by atoms with van der Waals surface area (Å²) in [5.41, 5.74) is 0.784. The third-order valence-corrected chi connectivity index (χ3v) is 3.82. The van der Waals surface area contributed by atoms with Gasteiger partial charge in [-0.1, -0.05) is 0 Å². The van der Waals surface area contributed by atoms with Gasteiger partial charge in [0.25, 0.3) is 0 Å². The number of aromatic nitrogens is 1. The van der Waals surface area contributed by atoms with Gasteiger partial charge in [-0.05, 0) is 12.1 Å². The Morgan fingerprint density at radius 1 is 1.40 bits per heavy atom. The van der Waals surface area contributed by atoms with Gasteiger partial charge in [0.2, 0.25) is 0 Å². The first-order valence-electron chi connectivity index (χ1n) is 6.55. The first-order chi connectivity index (χ1) is 9.63. The first-order valence-corrected chi connectivity index (χ1v) is 6.55. The number of halogens is 1. The number of morpholine rings is 1. The van der Waals surface area contributed by atoms with Crippen molar-refractivity contribution in [2.24, 2.45) is 0 Å². The highest BCUT2D eigenvalue weighted by Crippen LogP contribution is 2.23. The van der Waals surface area contributed by atoms with Crippen LogP contribution >= 0.6 is 0 Å². The van der Waals surface area contributed by atoms with Crippen LogP contribution in [0.1, 0.15) is 5.69 Å². The molecule has 20 heavy (non-hydrogen) atoms. The summed E-state index contributed by atoms with van der Waals surface area (Å²) in [6.45, 7) is 2.50. The molecule has 2 aliphatic rings. The Kier molecular flexibility index (Phi) is 3.54. The highest BCUT2D eigenvalue weighted by Gasteiger charge is 2.39. The van der Waals surface area contributed by atoms with Crippen LogP contribution in [0.25, 0.3) is 0 Å². The first kappa shape index (κ1) is 13.3. The van der Waals surface area contributed by atoms with E-state index in [-0.39, 0.29) is 17.9 Å². The number of hydrogen-bond donors (Lipinski definition) is 1. The maximum atomic E-state index is 12.9. The van der Waals surface area contributed by atoms with Gasteiger partial charge in [-0.2, -0.15) is 0 Å². The van der Waals surface area contributed by atoms with Gasteiger partial charge in [0.15, 0.2) is 0 Å². The molecule has 2 bridgehead atoms. The van der Waals surface area contributed by atoms with Gasteiger partial charge in [0, 0.05) is 19.6 Å². The molecular formula is C13H16FN3O3. The van der Waals surface area contributed by atoms with Gasteiger partial charge >= 0.3 is 6.09 Å². The molecule has 2 saturated heterocycles. The monoisotopic (exact) mass is 281 g/mol. The summed E-state index contributed by atoms with van der Waals surface area (Å²) in [6.07, 6.45) is 0.316. The Morgan fingerprint density at radius 2 is 2.10 bits per heavy atom. The van der Waals surface area contributed by atoms with Crippen molar-refractivity contribution in [1.82, 2.24) is 14.8 Å². The molecule has 6 nitrogen and oxygen atoms in total. The lowest BCUT2D eigenvalue weighted by Crippen LogP contribution is -2.64. The summed E-state index contributed by atoms with van der Waals surface area (Å²) in [6, 6.07) is 3.12. The molecule has 2 atom stereocenters. The lowest BCUT2D eigenvalue weighted by Gasteiger charge is -2.48. The minimum atomic E-state index is -0.888. The maximum Gasteiger partial charge on any atom is 0.407 e. The van der Waals surface area contributed by atoms with Gasteiger partial charge in [-0.25, -0.2) is 9.18 Å². The summed E-state index contributed by atoms with van der Waals surface area (Å²) >= 11 is 0. The molecule has 0 aromatic carbocycles. The van der Waals surface area contributed by atoms with Gasteiger partial charge in [0.05, 0.1) is 37.2 Å². The zero-order chi connectivity index (χ0) is 14.1. The minimum Gasteiger partial charge on any atom is -0.465 e. The molecule has 108 valence electrons. The summed E-state index contributed by atoms with van der Waals surface area (Å²) in [4.78, 5) is 18.8. The maximum absolute atomic E-state index is 12.9. The highest BCUT2D eigenvalue weighted by molar-refractivity contribution is 5.65. The zero-order valence-corrected chi connectivity index (χ0v) is 10.9. The molecule has 0 unspecified atom stereocenters. The van der Waals surface area contributed by atoms with Crippen molar-refractivity contribution in [3.05, 3.63) is 29.8 Å². The third-order valence-electron chi connectivity index (χ3n) is 3.82. The molecule has 1 amide bonds. The number of piperazine rings is 1. The standard InChI is InChI=1S/C13H16FN3O3/c14-9-1-2-10(15-3-9)4-17-11-5-16(13(18)19)6-12(17)8-20-7-11/h1-3,11-12H,4-8H2,(H,18,19)/t11-,12+. The third kappa shape index (κ3) is 2.59. The van der Waals surface area contributed by atoms with Crippen LogP contribution in [0.3, 0.4) is 0 Å². The van der Waals surface area contributed by atoms with Crippen LogP contribution in [0.15, 0.2) is 18.3 Å². The van der Waals surface area contributed by atoms with E-state index >= 15 is 0 Å². The smallest absolute Gasteiger partial charge is 0.407 e. The lowest BCUT2D eigenvalue weighted by molar-refractivity contribution is -0.0956. The molecule has 1 aromatic rings. The average molecular weight is 281 g/mol. The second-order valence-electron chi connectivity index (χ2n) is 5.17. The second-order valence-corrected chi connectivity index (χ2v) is 5.17. The molecule has 0 aliphatic carbocycles. The molecule has 2 aliphatic heterocycles. The number of pyridine rings is 1. The number of fused-ring (bicyclic) bond motifs is 2. The van der Waals surface area contributed by atoms with Gasteiger partial charge in [-0.15, -0.1) is 0 Å². The molecule has 2 fully saturated rings. The van der Waals surface area contributed by atoms with Crippen LogP contribution in [0, 0.1) is 5.82 Å². The predicted molar refractivity (Wildman–Crippen MR) is 67.7 cm³/mol. The Morgan fingerprint density at radius 3 is 2.65 bits per heavy atom. The van der Waals surface area contributed by atoms with Gasteiger partial charge in [-0.3, -0.25) is 9.88 Å². The Balaban J connectivity index is 1.73. The fraction of sp³-hybridized carbons (Fsp3) is 0.538. The zero-order valence-electron chi connectivity index (χ0n) is 10.9. The summed E-state index contributed by atoms with van der Waals surface area (Å²) in [5.74, 6) is -0.354. The topological polar surface area (TPSA) is 65.9 Å². The number of amides is 1. The van der Waals surface area contributed by atoms with Crippen molar-refractivity contribution < 1.29 is 19.0 Å². The van der Waals surface area contributed by atoms with Crippen molar-refractivity contribution in [2.45, 2.75) is 18.6 Å². The van der Waals surface area contributed by atoms with E-state index in [1.807, 2.05) is 0 Å². The van der Waals surface area contributed by atoms with Crippen molar-refractivity contribution in [1.29, 1.82) is 0 Å². The lowest BCUT2D eigenvalue weighted by atomic mass is 10.0. The quantitative estimate of drug-likeness (QED) is 0.868. The Hall–Kier alpha value is -1.73. The number of carbonyl (C=O) groups is 1. The number of carboxylic acid groups (broad SMARTS) is 1. The molecular weight excluding hydrogens is 265 g/mol. The van der Waals surface area contributed by atoms with E-state index in [0.717, 1.165) is 5.69 Å². The molecule has 1 N–H and O–H groups in total. The highest BCUT2D eigenvalue weighted by atomic mass is 19.1. The summed E-state index contributed by atoms with van der Waals surface area (Å²) < 4.78 is 18.4. The van der Waals surface area contributed by atoms with Crippen molar-refractivity contribution in [3.8, 4) is 0 Å². The number of rotatable bonds is 2.